The van der Waals surface area contributed by atoms with E-state index in [1.165, 1.54) is 35.3 Å². The zero-order chi connectivity index (χ0) is 11.7. The van der Waals surface area contributed by atoms with Crippen molar-refractivity contribution in [2.24, 2.45) is 0 Å². The van der Waals surface area contributed by atoms with Crippen LogP contribution in [0.2, 0.25) is 5.02 Å². The summed E-state index contributed by atoms with van der Waals surface area (Å²) in [5.74, 6) is -1.64. The minimum absolute atomic E-state index is 0.0249. The summed E-state index contributed by atoms with van der Waals surface area (Å²) in [7, 11) is 0. The SMILES string of the molecule is O=C(O)c1cn(-c2ccc(F)c(Cl)c2)cn1. The zero-order valence-corrected chi connectivity index (χ0v) is 8.65. The first-order chi connectivity index (χ1) is 7.58. The third-order valence-electron chi connectivity index (χ3n) is 2.00. The molecule has 1 N–H and O–H groups in total. The molecule has 6 heteroatoms. The Bertz CT molecular complexity index is 554. The lowest BCUT2D eigenvalue weighted by Crippen LogP contribution is -1.96. The van der Waals surface area contributed by atoms with Gasteiger partial charge in [0.15, 0.2) is 5.69 Å². The highest BCUT2D eigenvalue weighted by Crippen LogP contribution is 2.18. The number of hydrogen-bond donors (Lipinski definition) is 1. The Kier molecular flexibility index (Phi) is 2.62. The monoisotopic (exact) mass is 240 g/mol. The highest BCUT2D eigenvalue weighted by atomic mass is 35.5. The van der Waals surface area contributed by atoms with Gasteiger partial charge in [0, 0.05) is 11.9 Å². The molecular weight excluding hydrogens is 235 g/mol. The normalized spacial score (nSPS) is 10.4. The van der Waals surface area contributed by atoms with Crippen LogP contribution in [-0.4, -0.2) is 20.6 Å². The van der Waals surface area contributed by atoms with E-state index >= 15 is 0 Å². The van der Waals surface area contributed by atoms with Crippen molar-refractivity contribution < 1.29 is 14.3 Å². The smallest absolute Gasteiger partial charge is 0.356 e. The van der Waals surface area contributed by atoms with Crippen LogP contribution in [0, 0.1) is 5.82 Å². The van der Waals surface area contributed by atoms with Crippen molar-refractivity contribution in [3.8, 4) is 5.69 Å². The lowest BCUT2D eigenvalue weighted by Gasteiger charge is -2.02. The molecule has 0 spiro atoms. The number of halogens is 2. The van der Waals surface area contributed by atoms with E-state index in [2.05, 4.69) is 4.98 Å². The molecule has 2 aromatic rings. The van der Waals surface area contributed by atoms with E-state index in [1.54, 1.807) is 0 Å². The number of carboxylic acids is 1. The molecular formula is C10H6ClFN2O2. The number of rotatable bonds is 2. The number of imidazole rings is 1. The molecule has 0 aliphatic rings. The van der Waals surface area contributed by atoms with E-state index < -0.39 is 11.8 Å². The Morgan fingerprint density at radius 3 is 2.81 bits per heavy atom. The molecule has 0 fully saturated rings. The average Bonchev–Trinajstić information content (AvgIpc) is 2.71. The number of nitrogens with zero attached hydrogens (tertiary/aromatic N) is 2. The molecule has 16 heavy (non-hydrogen) atoms. The van der Waals surface area contributed by atoms with Crippen LogP contribution >= 0.6 is 11.6 Å². The first-order valence-electron chi connectivity index (χ1n) is 4.30. The summed E-state index contributed by atoms with van der Waals surface area (Å²) in [6.07, 6.45) is 2.65. The standard InChI is InChI=1S/C10H6ClFN2O2/c11-7-3-6(1-2-8(7)12)14-4-9(10(15)16)13-5-14/h1-5H,(H,15,16). The summed E-state index contributed by atoms with van der Waals surface area (Å²) in [5.41, 5.74) is 0.465. The fourth-order valence-electron chi connectivity index (χ4n) is 1.22. The predicted molar refractivity (Wildman–Crippen MR) is 55.5 cm³/mol. The van der Waals surface area contributed by atoms with Gasteiger partial charge in [-0.3, -0.25) is 0 Å². The number of carbonyl (C=O) groups is 1. The highest BCUT2D eigenvalue weighted by molar-refractivity contribution is 6.30. The van der Waals surface area contributed by atoms with Gasteiger partial charge in [-0.2, -0.15) is 0 Å². The number of hydrogen-bond acceptors (Lipinski definition) is 2. The maximum Gasteiger partial charge on any atom is 0.356 e. The van der Waals surface area contributed by atoms with Gasteiger partial charge < -0.3 is 9.67 Å². The van der Waals surface area contributed by atoms with E-state index in [0.29, 0.717) is 5.69 Å². The van der Waals surface area contributed by atoms with Crippen molar-refractivity contribution in [2.45, 2.75) is 0 Å². The van der Waals surface area contributed by atoms with E-state index in [9.17, 15) is 9.18 Å². The van der Waals surface area contributed by atoms with Crippen LogP contribution in [0.25, 0.3) is 5.69 Å². The summed E-state index contributed by atoms with van der Waals surface area (Å²) >= 11 is 5.61. The molecule has 0 atom stereocenters. The fourth-order valence-corrected chi connectivity index (χ4v) is 1.39. The molecule has 2 rings (SSSR count). The van der Waals surface area contributed by atoms with Crippen LogP contribution in [0.15, 0.2) is 30.7 Å². The Labute approximate surface area is 94.9 Å². The van der Waals surface area contributed by atoms with Crippen molar-refractivity contribution in [1.82, 2.24) is 9.55 Å². The Morgan fingerprint density at radius 2 is 2.25 bits per heavy atom. The number of benzene rings is 1. The minimum Gasteiger partial charge on any atom is -0.476 e. The molecule has 0 bridgehead atoms. The molecule has 82 valence electrons. The van der Waals surface area contributed by atoms with Gasteiger partial charge in [0.1, 0.15) is 12.1 Å². The lowest BCUT2D eigenvalue weighted by molar-refractivity contribution is 0.0691. The maximum atomic E-state index is 12.9. The Hall–Kier alpha value is -1.88. The molecule has 0 amide bonds. The molecule has 0 aliphatic heterocycles. The van der Waals surface area contributed by atoms with Crippen LogP contribution in [0.1, 0.15) is 10.5 Å². The highest BCUT2D eigenvalue weighted by Gasteiger charge is 2.08. The number of aromatic nitrogens is 2. The molecule has 1 heterocycles. The maximum absolute atomic E-state index is 12.9. The van der Waals surface area contributed by atoms with Gasteiger partial charge in [-0.25, -0.2) is 14.2 Å². The second-order valence-electron chi connectivity index (χ2n) is 3.07. The van der Waals surface area contributed by atoms with E-state index in [0.717, 1.165) is 0 Å². The number of carboxylic acid groups (broad SMARTS) is 1. The predicted octanol–water partition coefficient (Wildman–Crippen LogP) is 2.36. The molecule has 0 aliphatic carbocycles. The topological polar surface area (TPSA) is 55.1 Å². The van der Waals surface area contributed by atoms with E-state index in [-0.39, 0.29) is 10.7 Å². The van der Waals surface area contributed by atoms with Crippen molar-refractivity contribution in [3.63, 3.8) is 0 Å². The molecule has 4 nitrogen and oxygen atoms in total. The third-order valence-corrected chi connectivity index (χ3v) is 2.29. The lowest BCUT2D eigenvalue weighted by atomic mass is 10.3. The molecule has 0 unspecified atom stereocenters. The van der Waals surface area contributed by atoms with Crippen LogP contribution in [0.3, 0.4) is 0 Å². The summed E-state index contributed by atoms with van der Waals surface area (Å²) in [4.78, 5) is 14.3. The van der Waals surface area contributed by atoms with Gasteiger partial charge in [0.25, 0.3) is 0 Å². The van der Waals surface area contributed by atoms with Crippen molar-refractivity contribution in [2.75, 3.05) is 0 Å². The molecule has 0 saturated heterocycles. The minimum atomic E-state index is -1.12. The van der Waals surface area contributed by atoms with Gasteiger partial charge >= 0.3 is 5.97 Å². The second kappa shape index (κ2) is 3.94. The van der Waals surface area contributed by atoms with Gasteiger partial charge in [-0.1, -0.05) is 11.6 Å². The van der Waals surface area contributed by atoms with Gasteiger partial charge in [0.05, 0.1) is 5.02 Å². The zero-order valence-electron chi connectivity index (χ0n) is 7.89. The quantitative estimate of drug-likeness (QED) is 0.877. The second-order valence-corrected chi connectivity index (χ2v) is 3.48. The number of aromatic carboxylic acids is 1. The molecule has 1 aromatic heterocycles. The van der Waals surface area contributed by atoms with E-state index in [4.69, 9.17) is 16.7 Å². The van der Waals surface area contributed by atoms with E-state index in [1.807, 2.05) is 0 Å². The first-order valence-corrected chi connectivity index (χ1v) is 4.68. The Morgan fingerprint density at radius 1 is 1.50 bits per heavy atom. The van der Waals surface area contributed by atoms with Crippen LogP contribution in [-0.2, 0) is 0 Å². The fraction of sp³-hybridized carbons (Fsp3) is 0. The van der Waals surface area contributed by atoms with Crippen LogP contribution in [0.5, 0.6) is 0 Å². The van der Waals surface area contributed by atoms with Crippen molar-refractivity contribution in [1.29, 1.82) is 0 Å². The summed E-state index contributed by atoms with van der Waals surface area (Å²) < 4.78 is 14.4. The third kappa shape index (κ3) is 1.90. The van der Waals surface area contributed by atoms with Crippen LogP contribution < -0.4 is 0 Å². The Balaban J connectivity index is 2.42. The molecule has 0 saturated carbocycles. The van der Waals surface area contributed by atoms with Crippen LogP contribution in [0.4, 0.5) is 4.39 Å². The van der Waals surface area contributed by atoms with Gasteiger partial charge in [-0.15, -0.1) is 0 Å². The molecule has 1 aromatic carbocycles. The van der Waals surface area contributed by atoms with Gasteiger partial charge in [0.2, 0.25) is 0 Å². The average molecular weight is 241 g/mol. The van der Waals surface area contributed by atoms with Gasteiger partial charge in [-0.05, 0) is 18.2 Å². The summed E-state index contributed by atoms with van der Waals surface area (Å²) in [5, 5.41) is 8.66. The summed E-state index contributed by atoms with van der Waals surface area (Å²) in [6.45, 7) is 0. The first kappa shape index (κ1) is 10.6. The largest absolute Gasteiger partial charge is 0.476 e. The van der Waals surface area contributed by atoms with Crippen molar-refractivity contribution in [3.05, 3.63) is 47.3 Å². The molecule has 0 radical (unpaired) electrons. The summed E-state index contributed by atoms with van der Waals surface area (Å²) in [6, 6.07) is 4.08. The van der Waals surface area contributed by atoms with Crippen molar-refractivity contribution >= 4 is 17.6 Å².